The molecule has 0 spiro atoms. The number of hydrogen-bond donors (Lipinski definition) is 2. The van der Waals surface area contributed by atoms with E-state index in [1.54, 1.807) is 18.5 Å². The molecule has 4 rings (SSSR count). The third-order valence-corrected chi connectivity index (χ3v) is 4.95. The fraction of sp³-hybridized carbons (Fsp3) is 0.368. The van der Waals surface area contributed by atoms with E-state index in [-0.39, 0.29) is 5.91 Å². The van der Waals surface area contributed by atoms with E-state index >= 15 is 0 Å². The molecule has 2 aliphatic rings. The number of amides is 1. The van der Waals surface area contributed by atoms with Crippen LogP contribution in [0.15, 0.2) is 29.1 Å². The summed E-state index contributed by atoms with van der Waals surface area (Å²) in [6.45, 7) is 8.43. The van der Waals surface area contributed by atoms with E-state index < -0.39 is 0 Å². The first-order valence-corrected chi connectivity index (χ1v) is 8.99. The summed E-state index contributed by atoms with van der Waals surface area (Å²) < 4.78 is 5.43. The maximum atomic E-state index is 12.3. The van der Waals surface area contributed by atoms with E-state index in [9.17, 15) is 4.79 Å². The molecule has 4 heterocycles. The number of ether oxygens (including phenoxy) is 1. The molecule has 2 N–H and O–H groups in total. The molecule has 2 aromatic rings. The largest absolute Gasteiger partial charge is 0.379 e. The minimum absolute atomic E-state index is 0.251. The van der Waals surface area contributed by atoms with Crippen LogP contribution in [0.3, 0.4) is 0 Å². The first-order chi connectivity index (χ1) is 13.1. The van der Waals surface area contributed by atoms with Gasteiger partial charge >= 0.3 is 0 Å². The maximum Gasteiger partial charge on any atom is 0.273 e. The predicted octanol–water partition coefficient (Wildman–Crippen LogP) is 1.17. The number of aromatic amines is 1. The second-order valence-electron chi connectivity index (χ2n) is 6.69. The fourth-order valence-corrected chi connectivity index (χ4v) is 3.38. The number of aryl methyl sites for hydroxylation is 1. The van der Waals surface area contributed by atoms with Crippen molar-refractivity contribution in [2.75, 3.05) is 26.3 Å². The lowest BCUT2D eigenvalue weighted by Crippen LogP contribution is -2.35. The van der Waals surface area contributed by atoms with Crippen LogP contribution in [0.5, 0.6) is 0 Å². The predicted molar refractivity (Wildman–Crippen MR) is 101 cm³/mol. The van der Waals surface area contributed by atoms with Gasteiger partial charge in [-0.15, -0.1) is 0 Å². The van der Waals surface area contributed by atoms with Crippen LogP contribution in [0.2, 0.25) is 0 Å². The Morgan fingerprint density at radius 1 is 1.22 bits per heavy atom. The Bertz CT molecular complexity index is 910. The lowest BCUT2D eigenvalue weighted by molar-refractivity contribution is -0.116. The second kappa shape index (κ2) is 7.42. The molecule has 0 unspecified atom stereocenters. The normalized spacial score (nSPS) is 19.4. The highest BCUT2D eigenvalue weighted by Crippen LogP contribution is 2.24. The smallest absolute Gasteiger partial charge is 0.273 e. The molecular weight excluding hydrogens is 344 g/mol. The lowest BCUT2D eigenvalue weighted by atomic mass is 10.1. The monoisotopic (exact) mass is 366 g/mol. The molecule has 0 radical (unpaired) electrons. The molecule has 2 aromatic heterocycles. The molecule has 8 heteroatoms. The highest BCUT2D eigenvalue weighted by molar-refractivity contribution is 6.32. The molecule has 2 aliphatic heterocycles. The van der Waals surface area contributed by atoms with Crippen molar-refractivity contribution in [1.82, 2.24) is 25.3 Å². The summed E-state index contributed by atoms with van der Waals surface area (Å²) in [7, 11) is 0. The summed E-state index contributed by atoms with van der Waals surface area (Å²) in [5, 5.41) is 4.10. The summed E-state index contributed by atoms with van der Waals surface area (Å²) in [5.74, 6) is 0.176. The Hall–Kier alpha value is -2.84. The molecule has 0 aromatic carbocycles. The first-order valence-electron chi connectivity index (χ1n) is 8.99. The fourth-order valence-electron chi connectivity index (χ4n) is 3.38. The molecule has 140 valence electrons. The number of hydrogen-bond acceptors (Lipinski definition) is 6. The minimum Gasteiger partial charge on any atom is -0.379 e. The lowest BCUT2D eigenvalue weighted by Gasteiger charge is -2.26. The van der Waals surface area contributed by atoms with Gasteiger partial charge in [-0.1, -0.05) is 0 Å². The van der Waals surface area contributed by atoms with Crippen molar-refractivity contribution in [2.45, 2.75) is 20.4 Å². The Labute approximate surface area is 157 Å². The summed E-state index contributed by atoms with van der Waals surface area (Å²) in [6, 6.07) is 1.73. The van der Waals surface area contributed by atoms with Crippen molar-refractivity contribution in [3.8, 4) is 0 Å². The number of hydrazone groups is 1. The van der Waals surface area contributed by atoms with Crippen molar-refractivity contribution >= 4 is 17.7 Å². The van der Waals surface area contributed by atoms with Crippen LogP contribution >= 0.6 is 0 Å². The Balaban J connectivity index is 1.64. The molecule has 1 fully saturated rings. The second-order valence-corrected chi connectivity index (χ2v) is 6.69. The molecular formula is C19H22N6O2. The van der Waals surface area contributed by atoms with Gasteiger partial charge in [0, 0.05) is 43.4 Å². The van der Waals surface area contributed by atoms with Gasteiger partial charge in [0.15, 0.2) is 5.82 Å². The summed E-state index contributed by atoms with van der Waals surface area (Å²) in [4.78, 5) is 26.5. The number of carbonyl (C=O) groups excluding carboxylic acids is 1. The molecule has 0 bridgehead atoms. The van der Waals surface area contributed by atoms with Crippen LogP contribution in [-0.2, 0) is 16.1 Å². The highest BCUT2D eigenvalue weighted by Gasteiger charge is 2.27. The molecule has 8 nitrogen and oxygen atoms in total. The minimum atomic E-state index is -0.251. The zero-order valence-corrected chi connectivity index (χ0v) is 15.5. The Morgan fingerprint density at radius 3 is 2.70 bits per heavy atom. The Kier molecular flexibility index (Phi) is 4.83. The van der Waals surface area contributed by atoms with Gasteiger partial charge in [-0.3, -0.25) is 9.69 Å². The molecule has 0 aliphatic carbocycles. The average Bonchev–Trinajstić information content (AvgIpc) is 3.18. The third kappa shape index (κ3) is 3.54. The highest BCUT2D eigenvalue weighted by atomic mass is 16.5. The van der Waals surface area contributed by atoms with Gasteiger partial charge in [-0.2, -0.15) is 5.10 Å². The molecule has 1 amide bonds. The van der Waals surface area contributed by atoms with Gasteiger partial charge in [0.25, 0.3) is 5.91 Å². The standard InChI is InChI=1S/C19H22N6O2/c1-12-15(11-25-6-8-27-9-7-25)13(2)22-16(12)10-14-17(23-24-19(14)26)18-20-4-3-5-21-18/h3-5,10,22H,6-9,11H2,1-2H3,(H,24,26). The van der Waals surface area contributed by atoms with E-state index in [0.29, 0.717) is 17.1 Å². The van der Waals surface area contributed by atoms with Gasteiger partial charge in [-0.05, 0) is 37.1 Å². The number of nitrogens with one attached hydrogen (secondary N) is 2. The van der Waals surface area contributed by atoms with Gasteiger partial charge in [-0.25, -0.2) is 15.4 Å². The van der Waals surface area contributed by atoms with Crippen LogP contribution in [-0.4, -0.2) is 57.8 Å². The zero-order chi connectivity index (χ0) is 18.8. The van der Waals surface area contributed by atoms with Crippen LogP contribution in [0, 0.1) is 13.8 Å². The molecule has 0 saturated carbocycles. The summed E-state index contributed by atoms with van der Waals surface area (Å²) >= 11 is 0. The van der Waals surface area contributed by atoms with Crippen LogP contribution in [0.1, 0.15) is 28.3 Å². The van der Waals surface area contributed by atoms with Gasteiger partial charge < -0.3 is 9.72 Å². The van der Waals surface area contributed by atoms with Crippen LogP contribution in [0.25, 0.3) is 6.08 Å². The van der Waals surface area contributed by atoms with Crippen molar-refractivity contribution < 1.29 is 9.53 Å². The van der Waals surface area contributed by atoms with E-state index in [0.717, 1.165) is 49.8 Å². The van der Waals surface area contributed by atoms with Gasteiger partial charge in [0.05, 0.1) is 18.8 Å². The van der Waals surface area contributed by atoms with Gasteiger partial charge in [0.1, 0.15) is 5.71 Å². The van der Waals surface area contributed by atoms with E-state index in [4.69, 9.17) is 4.74 Å². The average molecular weight is 366 g/mol. The number of rotatable bonds is 4. The van der Waals surface area contributed by atoms with Crippen molar-refractivity contribution in [3.05, 3.63) is 52.4 Å². The number of morpholine rings is 1. The number of nitrogens with zero attached hydrogens (tertiary/aromatic N) is 4. The Morgan fingerprint density at radius 2 is 1.96 bits per heavy atom. The van der Waals surface area contributed by atoms with E-state index in [2.05, 4.69) is 44.2 Å². The first kappa shape index (κ1) is 17.6. The van der Waals surface area contributed by atoms with Crippen molar-refractivity contribution in [2.24, 2.45) is 5.10 Å². The summed E-state index contributed by atoms with van der Waals surface area (Å²) in [6.07, 6.45) is 5.11. The molecule has 0 atom stereocenters. The van der Waals surface area contributed by atoms with E-state index in [1.165, 1.54) is 5.56 Å². The van der Waals surface area contributed by atoms with Gasteiger partial charge in [0.2, 0.25) is 0 Å². The number of carbonyl (C=O) groups is 1. The summed E-state index contributed by atoms with van der Waals surface area (Å²) in [5.41, 5.74) is 7.85. The SMILES string of the molecule is Cc1[nH]c(C=C2C(=O)NN=C2c2ncccn2)c(C)c1CN1CCOCC1. The third-order valence-electron chi connectivity index (χ3n) is 4.95. The number of aromatic nitrogens is 3. The zero-order valence-electron chi connectivity index (χ0n) is 15.5. The molecule has 1 saturated heterocycles. The quantitative estimate of drug-likeness (QED) is 0.792. The van der Waals surface area contributed by atoms with Crippen molar-refractivity contribution in [3.63, 3.8) is 0 Å². The van der Waals surface area contributed by atoms with Crippen LogP contribution in [0.4, 0.5) is 0 Å². The van der Waals surface area contributed by atoms with E-state index in [1.807, 2.05) is 6.08 Å². The topological polar surface area (TPSA) is 95.5 Å². The number of H-pyrrole nitrogens is 1. The van der Waals surface area contributed by atoms with Crippen molar-refractivity contribution in [1.29, 1.82) is 0 Å². The van der Waals surface area contributed by atoms with Crippen LogP contribution < -0.4 is 5.43 Å². The maximum absolute atomic E-state index is 12.3. The molecule has 27 heavy (non-hydrogen) atoms.